The molecule has 50 valence electrons. The monoisotopic (exact) mass is 146 g/mol. The van der Waals surface area contributed by atoms with Crippen LogP contribution in [0.1, 0.15) is 0 Å². The van der Waals surface area contributed by atoms with Crippen LogP contribution in [0.3, 0.4) is 0 Å². The summed E-state index contributed by atoms with van der Waals surface area (Å²) < 4.78 is 0. The van der Waals surface area contributed by atoms with Crippen molar-refractivity contribution in [2.45, 2.75) is 0 Å². The van der Waals surface area contributed by atoms with E-state index < -0.39 is 5.92 Å². The normalized spacial score (nSPS) is 12.1. The van der Waals surface area contributed by atoms with Crippen LogP contribution in [-0.4, -0.2) is 17.2 Å². The number of nitrogens with one attached hydrogen (secondary N) is 3. The second kappa shape index (κ2) is 3.19. The van der Waals surface area contributed by atoms with Crippen molar-refractivity contribution >= 4 is 28.8 Å². The molecule has 0 rings (SSSR count). The summed E-state index contributed by atoms with van der Waals surface area (Å²) in [4.78, 5) is 0. The summed E-state index contributed by atoms with van der Waals surface area (Å²) in [5.41, 5.74) is 4.95. The smallest absolute Gasteiger partial charge is 0.113 e. The number of hydrogen-bond acceptors (Lipinski definition) is 3. The molecule has 0 aromatic heterocycles. The van der Waals surface area contributed by atoms with Crippen molar-refractivity contribution in [3.8, 4) is 0 Å². The van der Waals surface area contributed by atoms with E-state index in [2.05, 4.69) is 0 Å². The Morgan fingerprint density at radius 2 is 2.00 bits per heavy atom. The van der Waals surface area contributed by atoms with Crippen molar-refractivity contribution in [2.24, 2.45) is 11.7 Å². The van der Waals surface area contributed by atoms with E-state index in [4.69, 9.17) is 33.6 Å². The fourth-order valence-electron chi connectivity index (χ4n) is 0.299. The predicted molar refractivity (Wildman–Crippen MR) is 37.8 cm³/mol. The molecule has 1 unspecified atom stereocenters. The summed E-state index contributed by atoms with van der Waals surface area (Å²) in [5.74, 6) is -1.10. The van der Waals surface area contributed by atoms with Gasteiger partial charge in [-0.05, 0) is 0 Å². The minimum absolute atomic E-state index is 0.273. The van der Waals surface area contributed by atoms with Gasteiger partial charge in [0.2, 0.25) is 0 Å². The third-order valence-electron chi connectivity index (χ3n) is 0.775. The average Bonchev–Trinajstić information content (AvgIpc) is 1.64. The Morgan fingerprint density at radius 1 is 1.56 bits per heavy atom. The molecule has 5 heteroatoms. The van der Waals surface area contributed by atoms with Gasteiger partial charge in [0.1, 0.15) is 16.9 Å². The molecule has 9 heavy (non-hydrogen) atoms. The van der Waals surface area contributed by atoms with Gasteiger partial charge in [0, 0.05) is 6.21 Å². The van der Waals surface area contributed by atoms with Gasteiger partial charge in [-0.2, -0.15) is 0 Å². The SMILES string of the molecule is N=CC(C(=N)N)C(=N)Cl. The lowest BCUT2D eigenvalue weighted by molar-refractivity contribution is 1.21. The van der Waals surface area contributed by atoms with Crippen molar-refractivity contribution in [3.63, 3.8) is 0 Å². The molecular formula is C4H7ClN4. The molecule has 0 saturated heterocycles. The van der Waals surface area contributed by atoms with Gasteiger partial charge in [-0.15, -0.1) is 0 Å². The predicted octanol–water partition coefficient (Wildman–Crippen LogP) is 0.404. The molecule has 0 aliphatic heterocycles. The van der Waals surface area contributed by atoms with Crippen LogP contribution in [-0.2, 0) is 0 Å². The first-order chi connectivity index (χ1) is 4.09. The molecule has 0 fully saturated rings. The number of rotatable bonds is 3. The van der Waals surface area contributed by atoms with Crippen LogP contribution < -0.4 is 5.73 Å². The van der Waals surface area contributed by atoms with Crippen LogP contribution in [0.4, 0.5) is 0 Å². The molecule has 0 aliphatic rings. The van der Waals surface area contributed by atoms with Gasteiger partial charge >= 0.3 is 0 Å². The lowest BCUT2D eigenvalue weighted by atomic mass is 10.2. The Hall–Kier alpha value is -0.900. The van der Waals surface area contributed by atoms with Gasteiger partial charge in [0.05, 0.1) is 0 Å². The highest BCUT2D eigenvalue weighted by Gasteiger charge is 2.11. The fourth-order valence-corrected chi connectivity index (χ4v) is 0.480. The van der Waals surface area contributed by atoms with Gasteiger partial charge in [0.25, 0.3) is 0 Å². The Bertz CT molecular complexity index is 139. The highest BCUT2D eigenvalue weighted by Crippen LogP contribution is 1.96. The van der Waals surface area contributed by atoms with E-state index in [1.165, 1.54) is 0 Å². The summed E-state index contributed by atoms with van der Waals surface area (Å²) in [6, 6.07) is 0. The van der Waals surface area contributed by atoms with Crippen molar-refractivity contribution in [2.75, 3.05) is 0 Å². The van der Waals surface area contributed by atoms with Crippen LogP contribution >= 0.6 is 11.6 Å². The lowest BCUT2D eigenvalue weighted by Crippen LogP contribution is -2.27. The molecule has 1 atom stereocenters. The number of amidine groups is 1. The zero-order valence-electron chi connectivity index (χ0n) is 4.61. The van der Waals surface area contributed by atoms with Crippen LogP contribution in [0.15, 0.2) is 0 Å². The van der Waals surface area contributed by atoms with Gasteiger partial charge < -0.3 is 11.1 Å². The van der Waals surface area contributed by atoms with Gasteiger partial charge in [0.15, 0.2) is 0 Å². The Kier molecular flexibility index (Phi) is 2.87. The Labute approximate surface area is 57.5 Å². The lowest BCUT2D eigenvalue weighted by Gasteiger charge is -2.02. The molecule has 0 saturated carbocycles. The van der Waals surface area contributed by atoms with E-state index in [9.17, 15) is 0 Å². The molecule has 0 heterocycles. The average molecular weight is 147 g/mol. The molecule has 0 aromatic carbocycles. The highest BCUT2D eigenvalue weighted by molar-refractivity contribution is 6.68. The minimum Gasteiger partial charge on any atom is -0.387 e. The first kappa shape index (κ1) is 8.10. The number of hydrogen-bond donors (Lipinski definition) is 4. The highest BCUT2D eigenvalue weighted by atomic mass is 35.5. The van der Waals surface area contributed by atoms with E-state index in [0.717, 1.165) is 6.21 Å². The molecule has 4 nitrogen and oxygen atoms in total. The second-order valence-electron chi connectivity index (χ2n) is 1.45. The summed E-state index contributed by atoms with van der Waals surface area (Å²) >= 11 is 5.15. The summed E-state index contributed by atoms with van der Waals surface area (Å²) in [5, 5.41) is 19.9. The first-order valence-corrected chi connectivity index (χ1v) is 2.55. The maximum atomic E-state index is 6.78. The summed E-state index contributed by atoms with van der Waals surface area (Å²) in [6.45, 7) is 0. The van der Waals surface area contributed by atoms with Crippen LogP contribution in [0.2, 0.25) is 0 Å². The van der Waals surface area contributed by atoms with E-state index in [0.29, 0.717) is 0 Å². The van der Waals surface area contributed by atoms with E-state index in [1.54, 1.807) is 0 Å². The topological polar surface area (TPSA) is 97.6 Å². The van der Waals surface area contributed by atoms with Crippen molar-refractivity contribution in [1.29, 1.82) is 16.2 Å². The molecule has 0 aromatic rings. The quantitative estimate of drug-likeness (QED) is 0.337. The molecule has 5 N–H and O–H groups in total. The largest absolute Gasteiger partial charge is 0.387 e. The van der Waals surface area contributed by atoms with Crippen molar-refractivity contribution in [1.82, 2.24) is 0 Å². The van der Waals surface area contributed by atoms with E-state index in [-0.39, 0.29) is 11.0 Å². The molecule has 0 amide bonds. The number of nitrogens with two attached hydrogens (primary N) is 1. The second-order valence-corrected chi connectivity index (χ2v) is 1.85. The molecule has 0 bridgehead atoms. The van der Waals surface area contributed by atoms with Crippen molar-refractivity contribution < 1.29 is 0 Å². The number of halogens is 1. The third kappa shape index (κ3) is 2.23. The van der Waals surface area contributed by atoms with Gasteiger partial charge in [-0.25, -0.2) is 0 Å². The Balaban J connectivity index is 4.16. The molecule has 0 radical (unpaired) electrons. The van der Waals surface area contributed by atoms with Crippen LogP contribution in [0.25, 0.3) is 0 Å². The first-order valence-electron chi connectivity index (χ1n) is 2.18. The van der Waals surface area contributed by atoms with Crippen LogP contribution in [0, 0.1) is 22.1 Å². The maximum Gasteiger partial charge on any atom is 0.113 e. The molecule has 0 spiro atoms. The van der Waals surface area contributed by atoms with E-state index in [1.807, 2.05) is 0 Å². The molecule has 0 aliphatic carbocycles. The third-order valence-corrected chi connectivity index (χ3v) is 1.01. The maximum absolute atomic E-state index is 6.78. The minimum atomic E-state index is -0.827. The zero-order valence-corrected chi connectivity index (χ0v) is 5.37. The Morgan fingerprint density at radius 3 is 2.00 bits per heavy atom. The van der Waals surface area contributed by atoms with Crippen molar-refractivity contribution in [3.05, 3.63) is 0 Å². The molecular weight excluding hydrogens is 140 g/mol. The standard InChI is InChI=1S/C4H7ClN4/c5-3(7)2(1-6)4(8)9/h1-2,6-7H,(H3,8,9). The van der Waals surface area contributed by atoms with Crippen LogP contribution in [0.5, 0.6) is 0 Å². The zero-order chi connectivity index (χ0) is 7.44. The fraction of sp³-hybridized carbons (Fsp3) is 0.250. The van der Waals surface area contributed by atoms with E-state index >= 15 is 0 Å². The summed E-state index contributed by atoms with van der Waals surface area (Å²) in [6.07, 6.45) is 0.859. The van der Waals surface area contributed by atoms with Gasteiger partial charge in [-0.3, -0.25) is 10.8 Å². The van der Waals surface area contributed by atoms with Gasteiger partial charge in [-0.1, -0.05) is 11.6 Å². The summed E-state index contributed by atoms with van der Waals surface area (Å²) in [7, 11) is 0.